The molecule has 1 unspecified atom stereocenters. The number of benzene rings is 3. The molecule has 7 nitrogen and oxygen atoms in total. The minimum atomic E-state index is -0.966. The molecule has 1 aliphatic heterocycles. The lowest BCUT2D eigenvalue weighted by molar-refractivity contribution is -0.119. The summed E-state index contributed by atoms with van der Waals surface area (Å²) >= 11 is 25.3. The molecule has 1 aliphatic rings. The molecule has 1 amide bonds. The molecule has 0 spiro atoms. The van der Waals surface area contributed by atoms with Crippen LogP contribution in [0.1, 0.15) is 17.2 Å². The highest BCUT2D eigenvalue weighted by molar-refractivity contribution is 6.43. The van der Waals surface area contributed by atoms with Crippen molar-refractivity contribution in [3.8, 4) is 0 Å². The van der Waals surface area contributed by atoms with Gasteiger partial charge in [-0.05, 0) is 61.4 Å². The third kappa shape index (κ3) is 3.99. The average molecular weight is 534 g/mol. The van der Waals surface area contributed by atoms with Gasteiger partial charge in [0.05, 0.1) is 26.3 Å². The molecular formula is C23H16Cl4N6O. The van der Waals surface area contributed by atoms with Gasteiger partial charge < -0.3 is 0 Å². The lowest BCUT2D eigenvalue weighted by Crippen LogP contribution is -2.36. The van der Waals surface area contributed by atoms with Crippen LogP contribution in [0, 0.1) is 13.8 Å². The standard InChI is InChI=1S/C23H16Cl4N6O/c1-11-3-5-14(25)17(7-11)28-22-21(32-19-6-4-12(2)8-18(19)29-31-32)23(34)33(30-22)20-15(26)9-13(24)10-16(20)27/h3-10,21H,1-2H3,(H,28,30). The van der Waals surface area contributed by atoms with E-state index in [1.807, 2.05) is 44.2 Å². The number of nitrogens with zero attached hydrogens (tertiary/aromatic N) is 5. The predicted octanol–water partition coefficient (Wildman–Crippen LogP) is 6.48. The van der Waals surface area contributed by atoms with Gasteiger partial charge in [0.2, 0.25) is 0 Å². The van der Waals surface area contributed by atoms with Crippen LogP contribution < -0.4 is 10.4 Å². The van der Waals surface area contributed by atoms with E-state index in [0.717, 1.165) is 11.1 Å². The highest BCUT2D eigenvalue weighted by Gasteiger charge is 2.43. The third-order valence-electron chi connectivity index (χ3n) is 5.36. The number of fused-ring (bicyclic) bond motifs is 1. The highest BCUT2D eigenvalue weighted by atomic mass is 35.5. The molecular weight excluding hydrogens is 518 g/mol. The normalized spacial score (nSPS) is 17.1. The maximum absolute atomic E-state index is 13.8. The Morgan fingerprint density at radius 1 is 0.912 bits per heavy atom. The number of nitrogens with one attached hydrogen (secondary N) is 1. The topological polar surface area (TPSA) is 75.4 Å². The van der Waals surface area contributed by atoms with Crippen LogP contribution in [0.3, 0.4) is 0 Å². The van der Waals surface area contributed by atoms with E-state index in [4.69, 9.17) is 51.4 Å². The number of carbonyl (C=O) groups excluding carboxylic acids is 1. The number of aryl methyl sites for hydroxylation is 2. The van der Waals surface area contributed by atoms with Gasteiger partial charge in [-0.2, -0.15) is 0 Å². The molecule has 0 bridgehead atoms. The lowest BCUT2D eigenvalue weighted by Gasteiger charge is -2.19. The van der Waals surface area contributed by atoms with E-state index in [-0.39, 0.29) is 21.6 Å². The van der Waals surface area contributed by atoms with Crippen LogP contribution in [-0.4, -0.2) is 26.7 Å². The first-order valence-corrected chi connectivity index (χ1v) is 11.7. The Balaban J connectivity index is 1.70. The second-order valence-corrected chi connectivity index (χ2v) is 9.54. The number of aromatic nitrogens is 3. The molecule has 1 saturated heterocycles. The summed E-state index contributed by atoms with van der Waals surface area (Å²) in [5.74, 6) is -0.118. The zero-order valence-corrected chi connectivity index (χ0v) is 20.9. The van der Waals surface area contributed by atoms with Crippen LogP contribution in [-0.2, 0) is 4.79 Å². The van der Waals surface area contributed by atoms with Crippen LogP contribution >= 0.6 is 46.4 Å². The van der Waals surface area contributed by atoms with E-state index in [1.165, 1.54) is 21.8 Å². The minimum Gasteiger partial charge on any atom is -0.276 e. The van der Waals surface area contributed by atoms with Crippen molar-refractivity contribution in [2.24, 2.45) is 4.99 Å². The molecule has 11 heteroatoms. The fourth-order valence-corrected chi connectivity index (χ4v) is 4.92. The van der Waals surface area contributed by atoms with Gasteiger partial charge in [-0.15, -0.1) is 5.10 Å². The highest BCUT2D eigenvalue weighted by Crippen LogP contribution is 2.39. The number of amides is 1. The molecule has 5 rings (SSSR count). The Morgan fingerprint density at radius 2 is 1.59 bits per heavy atom. The summed E-state index contributed by atoms with van der Waals surface area (Å²) in [5, 5.41) is 10.9. The van der Waals surface area contributed by atoms with Crippen LogP contribution in [0.25, 0.3) is 11.0 Å². The van der Waals surface area contributed by atoms with Gasteiger partial charge in [-0.25, -0.2) is 14.7 Å². The molecule has 4 aromatic rings. The van der Waals surface area contributed by atoms with Crippen molar-refractivity contribution in [3.63, 3.8) is 0 Å². The second-order valence-electron chi connectivity index (χ2n) is 7.88. The summed E-state index contributed by atoms with van der Waals surface area (Å²) < 4.78 is 1.52. The first kappa shape index (κ1) is 22.9. The minimum absolute atomic E-state index is 0.200. The number of anilines is 1. The monoisotopic (exact) mass is 532 g/mol. The van der Waals surface area contributed by atoms with Crippen molar-refractivity contribution in [2.45, 2.75) is 19.9 Å². The zero-order valence-electron chi connectivity index (χ0n) is 17.9. The van der Waals surface area contributed by atoms with E-state index in [2.05, 4.69) is 15.7 Å². The van der Waals surface area contributed by atoms with Gasteiger partial charge in [-0.1, -0.05) is 63.7 Å². The van der Waals surface area contributed by atoms with Gasteiger partial charge in [0.1, 0.15) is 11.2 Å². The van der Waals surface area contributed by atoms with Gasteiger partial charge >= 0.3 is 0 Å². The van der Waals surface area contributed by atoms with Crippen molar-refractivity contribution >= 4 is 80.6 Å². The van der Waals surface area contributed by atoms with Gasteiger partial charge in [0, 0.05) is 5.02 Å². The lowest BCUT2D eigenvalue weighted by atomic mass is 10.2. The zero-order chi connectivity index (χ0) is 24.1. The van der Waals surface area contributed by atoms with Crippen LogP contribution in [0.5, 0.6) is 0 Å². The fourth-order valence-electron chi connectivity index (χ4n) is 3.77. The van der Waals surface area contributed by atoms with Crippen molar-refractivity contribution in [2.75, 3.05) is 5.01 Å². The quantitative estimate of drug-likeness (QED) is 0.327. The van der Waals surface area contributed by atoms with Gasteiger partial charge in [-0.3, -0.25) is 10.2 Å². The molecule has 3 aromatic carbocycles. The SMILES string of the molecule is Cc1ccc(Cl)c(N=C2NN(c3c(Cl)cc(Cl)cc3Cl)C(=O)C2n2nnc3cc(C)ccc32)c1. The number of amidine groups is 1. The van der Waals surface area contributed by atoms with Crippen molar-refractivity contribution in [1.82, 2.24) is 20.4 Å². The van der Waals surface area contributed by atoms with E-state index < -0.39 is 11.9 Å². The summed E-state index contributed by atoms with van der Waals surface area (Å²) in [6.45, 7) is 3.89. The first-order chi connectivity index (χ1) is 16.2. The van der Waals surface area contributed by atoms with Crippen molar-refractivity contribution < 1.29 is 4.79 Å². The maximum Gasteiger partial charge on any atom is 0.278 e. The summed E-state index contributed by atoms with van der Waals surface area (Å²) in [6.07, 6.45) is 0. The summed E-state index contributed by atoms with van der Waals surface area (Å²) in [5.41, 5.74) is 7.11. The van der Waals surface area contributed by atoms with Crippen LogP contribution in [0.4, 0.5) is 11.4 Å². The Morgan fingerprint density at radius 3 is 2.32 bits per heavy atom. The fraction of sp³-hybridized carbons (Fsp3) is 0.130. The number of aliphatic imine (C=N–C) groups is 1. The maximum atomic E-state index is 13.8. The summed E-state index contributed by atoms with van der Waals surface area (Å²) in [4.78, 5) is 18.5. The molecule has 1 fully saturated rings. The molecule has 0 radical (unpaired) electrons. The smallest absolute Gasteiger partial charge is 0.276 e. The summed E-state index contributed by atoms with van der Waals surface area (Å²) in [7, 11) is 0. The van der Waals surface area contributed by atoms with E-state index >= 15 is 0 Å². The molecule has 0 saturated carbocycles. The van der Waals surface area contributed by atoms with Crippen LogP contribution in [0.2, 0.25) is 20.1 Å². The molecule has 34 heavy (non-hydrogen) atoms. The third-order valence-corrected chi connectivity index (χ3v) is 6.47. The number of hydrazine groups is 1. The number of rotatable bonds is 3. The molecule has 1 N–H and O–H groups in total. The molecule has 0 aliphatic carbocycles. The predicted molar refractivity (Wildman–Crippen MR) is 137 cm³/mol. The Kier molecular flexibility index (Phi) is 5.90. The van der Waals surface area contributed by atoms with Crippen molar-refractivity contribution in [1.29, 1.82) is 0 Å². The molecule has 2 heterocycles. The Labute approximate surface area is 214 Å². The molecule has 1 atom stereocenters. The number of hydrogen-bond acceptors (Lipinski definition) is 4. The van der Waals surface area contributed by atoms with Gasteiger partial charge in [0.15, 0.2) is 11.9 Å². The molecule has 1 aromatic heterocycles. The van der Waals surface area contributed by atoms with E-state index in [1.54, 1.807) is 6.07 Å². The van der Waals surface area contributed by atoms with E-state index in [9.17, 15) is 4.79 Å². The number of halogens is 4. The van der Waals surface area contributed by atoms with Gasteiger partial charge in [0.25, 0.3) is 5.91 Å². The number of carbonyl (C=O) groups is 1. The average Bonchev–Trinajstić information content (AvgIpc) is 3.30. The summed E-state index contributed by atoms with van der Waals surface area (Å²) in [6, 6.07) is 13.2. The number of hydrogen-bond donors (Lipinski definition) is 1. The van der Waals surface area contributed by atoms with Crippen LogP contribution in [0.15, 0.2) is 53.5 Å². The largest absolute Gasteiger partial charge is 0.278 e. The Bertz CT molecular complexity index is 1480. The second kappa shape index (κ2) is 8.74. The molecule has 172 valence electrons. The Hall–Kier alpha value is -2.84. The first-order valence-electron chi connectivity index (χ1n) is 10.1. The van der Waals surface area contributed by atoms with Crippen molar-refractivity contribution in [3.05, 3.63) is 79.7 Å². The van der Waals surface area contributed by atoms with E-state index in [0.29, 0.717) is 26.8 Å².